The standard InChI is InChI=1S/C19H31NO/c1-4-15-20-18(19(3)13-9-6-10-14-19)16-11-7-8-12-17(16)21-5-2/h7-8,11-12,18,20H,4-6,9-10,13-15H2,1-3H3. The van der Waals surface area contributed by atoms with Gasteiger partial charge in [0.1, 0.15) is 5.75 Å². The van der Waals surface area contributed by atoms with Gasteiger partial charge in [-0.25, -0.2) is 0 Å². The Morgan fingerprint density at radius 2 is 1.86 bits per heavy atom. The number of benzene rings is 1. The van der Waals surface area contributed by atoms with Gasteiger partial charge in [0.15, 0.2) is 0 Å². The van der Waals surface area contributed by atoms with E-state index in [2.05, 4.69) is 50.4 Å². The highest BCUT2D eigenvalue weighted by atomic mass is 16.5. The minimum atomic E-state index is 0.348. The van der Waals surface area contributed by atoms with Crippen LogP contribution in [0.25, 0.3) is 0 Å². The molecule has 1 N–H and O–H groups in total. The van der Waals surface area contributed by atoms with Crippen molar-refractivity contribution in [2.75, 3.05) is 13.2 Å². The van der Waals surface area contributed by atoms with Crippen molar-refractivity contribution < 1.29 is 4.74 Å². The fourth-order valence-electron chi connectivity index (χ4n) is 3.67. The van der Waals surface area contributed by atoms with E-state index < -0.39 is 0 Å². The summed E-state index contributed by atoms with van der Waals surface area (Å²) in [6.07, 6.45) is 7.91. The summed E-state index contributed by atoms with van der Waals surface area (Å²) in [5.74, 6) is 1.06. The van der Waals surface area contributed by atoms with Gasteiger partial charge in [0.25, 0.3) is 0 Å². The molecule has 1 fully saturated rings. The molecule has 2 nitrogen and oxygen atoms in total. The summed E-state index contributed by atoms with van der Waals surface area (Å²) in [7, 11) is 0. The number of nitrogens with one attached hydrogen (secondary N) is 1. The number of hydrogen-bond acceptors (Lipinski definition) is 2. The van der Waals surface area contributed by atoms with Gasteiger partial charge >= 0.3 is 0 Å². The summed E-state index contributed by atoms with van der Waals surface area (Å²) in [6.45, 7) is 8.56. The molecule has 1 atom stereocenters. The average molecular weight is 289 g/mol. The van der Waals surface area contributed by atoms with Crippen molar-refractivity contribution in [3.05, 3.63) is 29.8 Å². The first kappa shape index (κ1) is 16.4. The smallest absolute Gasteiger partial charge is 0.124 e. The van der Waals surface area contributed by atoms with E-state index in [-0.39, 0.29) is 0 Å². The summed E-state index contributed by atoms with van der Waals surface area (Å²) in [5.41, 5.74) is 1.69. The zero-order valence-electron chi connectivity index (χ0n) is 14.0. The van der Waals surface area contributed by atoms with E-state index in [4.69, 9.17) is 4.74 Å². The molecule has 0 saturated heterocycles. The lowest BCUT2D eigenvalue weighted by Gasteiger charge is -2.42. The SMILES string of the molecule is CCCNC(c1ccccc1OCC)C1(C)CCCCC1. The molecule has 0 amide bonds. The lowest BCUT2D eigenvalue weighted by atomic mass is 9.68. The normalized spacial score (nSPS) is 19.2. The Bertz CT molecular complexity index is 423. The third kappa shape index (κ3) is 4.00. The predicted octanol–water partition coefficient (Wildman–Crippen LogP) is 5.10. The fraction of sp³-hybridized carbons (Fsp3) is 0.684. The number of hydrogen-bond donors (Lipinski definition) is 1. The van der Waals surface area contributed by atoms with Crippen LogP contribution in [0.1, 0.15) is 70.9 Å². The Morgan fingerprint density at radius 1 is 1.14 bits per heavy atom. The van der Waals surface area contributed by atoms with E-state index in [1.54, 1.807) is 0 Å². The Balaban J connectivity index is 2.30. The van der Waals surface area contributed by atoms with Crippen LogP contribution < -0.4 is 10.1 Å². The molecule has 1 aromatic rings. The highest BCUT2D eigenvalue weighted by Crippen LogP contribution is 2.47. The summed E-state index contributed by atoms with van der Waals surface area (Å²) in [4.78, 5) is 0. The molecule has 0 aliphatic heterocycles. The Hall–Kier alpha value is -1.02. The van der Waals surface area contributed by atoms with Gasteiger partial charge < -0.3 is 10.1 Å². The molecular weight excluding hydrogens is 258 g/mol. The van der Waals surface area contributed by atoms with E-state index in [1.165, 1.54) is 44.1 Å². The quantitative estimate of drug-likeness (QED) is 0.754. The minimum absolute atomic E-state index is 0.348. The summed E-state index contributed by atoms with van der Waals surface area (Å²) in [6, 6.07) is 8.99. The molecule has 0 heterocycles. The van der Waals surface area contributed by atoms with Crippen LogP contribution in [0.5, 0.6) is 5.75 Å². The molecule has 2 heteroatoms. The third-order valence-electron chi connectivity index (χ3n) is 4.82. The lowest BCUT2D eigenvalue weighted by molar-refractivity contribution is 0.142. The molecule has 21 heavy (non-hydrogen) atoms. The first-order chi connectivity index (χ1) is 10.2. The first-order valence-corrected chi connectivity index (χ1v) is 8.66. The minimum Gasteiger partial charge on any atom is -0.494 e. The van der Waals surface area contributed by atoms with Gasteiger partial charge in [-0.1, -0.05) is 51.3 Å². The van der Waals surface area contributed by atoms with Gasteiger partial charge in [-0.3, -0.25) is 0 Å². The first-order valence-electron chi connectivity index (χ1n) is 8.66. The molecular formula is C19H31NO. The van der Waals surface area contributed by atoms with Gasteiger partial charge in [-0.15, -0.1) is 0 Å². The number of para-hydroxylation sites is 1. The van der Waals surface area contributed by atoms with Crippen molar-refractivity contribution in [1.82, 2.24) is 5.32 Å². The van der Waals surface area contributed by atoms with E-state index in [0.29, 0.717) is 11.5 Å². The van der Waals surface area contributed by atoms with Crippen LogP contribution in [-0.4, -0.2) is 13.2 Å². The van der Waals surface area contributed by atoms with Crippen LogP contribution in [0.15, 0.2) is 24.3 Å². The molecule has 1 aliphatic rings. The Morgan fingerprint density at radius 3 is 2.52 bits per heavy atom. The largest absolute Gasteiger partial charge is 0.494 e. The van der Waals surface area contributed by atoms with Gasteiger partial charge in [-0.05, 0) is 44.2 Å². The molecule has 118 valence electrons. The molecule has 2 rings (SSSR count). The summed E-state index contributed by atoms with van der Waals surface area (Å²) < 4.78 is 5.89. The van der Waals surface area contributed by atoms with Crippen LogP contribution in [0.4, 0.5) is 0 Å². The number of ether oxygens (including phenoxy) is 1. The maximum atomic E-state index is 5.89. The van der Waals surface area contributed by atoms with Crippen molar-refractivity contribution in [2.24, 2.45) is 5.41 Å². The van der Waals surface area contributed by atoms with Crippen LogP contribution in [0, 0.1) is 5.41 Å². The molecule has 0 radical (unpaired) electrons. The van der Waals surface area contributed by atoms with Gasteiger partial charge in [-0.2, -0.15) is 0 Å². The van der Waals surface area contributed by atoms with Crippen molar-refractivity contribution in [2.45, 2.75) is 65.3 Å². The second-order valence-corrected chi connectivity index (χ2v) is 6.57. The lowest BCUT2D eigenvalue weighted by Crippen LogP contribution is -2.38. The zero-order valence-corrected chi connectivity index (χ0v) is 14.0. The van der Waals surface area contributed by atoms with Crippen LogP contribution in [0.3, 0.4) is 0 Å². The zero-order chi connectivity index (χ0) is 15.1. The van der Waals surface area contributed by atoms with Crippen molar-refractivity contribution in [3.63, 3.8) is 0 Å². The third-order valence-corrected chi connectivity index (χ3v) is 4.82. The fourth-order valence-corrected chi connectivity index (χ4v) is 3.67. The molecule has 0 aromatic heterocycles. The van der Waals surface area contributed by atoms with Gasteiger partial charge in [0.2, 0.25) is 0 Å². The summed E-state index contributed by atoms with van der Waals surface area (Å²) >= 11 is 0. The molecule has 1 aromatic carbocycles. The average Bonchev–Trinajstić information content (AvgIpc) is 2.50. The summed E-state index contributed by atoms with van der Waals surface area (Å²) in [5, 5.41) is 3.81. The predicted molar refractivity (Wildman–Crippen MR) is 89.8 cm³/mol. The van der Waals surface area contributed by atoms with Crippen LogP contribution >= 0.6 is 0 Å². The topological polar surface area (TPSA) is 21.3 Å². The number of rotatable bonds is 7. The highest BCUT2D eigenvalue weighted by Gasteiger charge is 2.37. The molecule has 1 aliphatic carbocycles. The van der Waals surface area contributed by atoms with E-state index in [9.17, 15) is 0 Å². The van der Waals surface area contributed by atoms with E-state index in [1.807, 2.05) is 0 Å². The van der Waals surface area contributed by atoms with Gasteiger partial charge in [0.05, 0.1) is 6.61 Å². The van der Waals surface area contributed by atoms with E-state index in [0.717, 1.165) is 18.9 Å². The monoisotopic (exact) mass is 289 g/mol. The molecule has 1 saturated carbocycles. The van der Waals surface area contributed by atoms with Gasteiger partial charge in [0, 0.05) is 11.6 Å². The Labute approximate surface area is 130 Å². The van der Waals surface area contributed by atoms with E-state index >= 15 is 0 Å². The Kier molecular flexibility index (Phi) is 6.10. The van der Waals surface area contributed by atoms with Crippen LogP contribution in [0.2, 0.25) is 0 Å². The second kappa shape index (κ2) is 7.84. The molecule has 0 bridgehead atoms. The van der Waals surface area contributed by atoms with Crippen molar-refractivity contribution >= 4 is 0 Å². The van der Waals surface area contributed by atoms with Crippen molar-refractivity contribution in [3.8, 4) is 5.75 Å². The maximum Gasteiger partial charge on any atom is 0.124 e. The highest BCUT2D eigenvalue weighted by molar-refractivity contribution is 5.37. The molecule has 1 unspecified atom stereocenters. The van der Waals surface area contributed by atoms with Crippen LogP contribution in [-0.2, 0) is 0 Å². The van der Waals surface area contributed by atoms with Crippen molar-refractivity contribution in [1.29, 1.82) is 0 Å². The second-order valence-electron chi connectivity index (χ2n) is 6.57. The molecule has 0 spiro atoms. The maximum absolute atomic E-state index is 5.89.